The average molecular weight is 342 g/mol. The summed E-state index contributed by atoms with van der Waals surface area (Å²) in [4.78, 5) is 4.26. The highest BCUT2D eigenvalue weighted by atomic mass is 15.3. The number of aliphatic imine (C=N–C) groups is 1. The summed E-state index contributed by atoms with van der Waals surface area (Å²) >= 11 is 0. The lowest BCUT2D eigenvalue weighted by Crippen LogP contribution is -2.38. The lowest BCUT2D eigenvalue weighted by atomic mass is 10.3. The van der Waals surface area contributed by atoms with Crippen LogP contribution in [0.25, 0.3) is 0 Å². The average Bonchev–Trinajstić information content (AvgIpc) is 2.94. The second-order valence-electron chi connectivity index (χ2n) is 6.08. The van der Waals surface area contributed by atoms with Crippen LogP contribution in [0.4, 0.5) is 5.69 Å². The first kappa shape index (κ1) is 18.8. The number of aromatic nitrogens is 2. The lowest BCUT2D eigenvalue weighted by Gasteiger charge is -2.12. The van der Waals surface area contributed by atoms with Crippen molar-refractivity contribution in [2.75, 3.05) is 32.0 Å². The minimum atomic E-state index is 0.855. The van der Waals surface area contributed by atoms with Gasteiger partial charge in [0.05, 0.1) is 5.69 Å². The van der Waals surface area contributed by atoms with E-state index in [1.807, 2.05) is 25.1 Å². The minimum absolute atomic E-state index is 0.855. The molecule has 2 rings (SSSR count). The number of guanidine groups is 1. The van der Waals surface area contributed by atoms with Crippen molar-refractivity contribution in [2.45, 2.75) is 33.2 Å². The number of para-hydroxylation sites is 1. The largest absolute Gasteiger partial charge is 0.385 e. The first-order valence-corrected chi connectivity index (χ1v) is 8.93. The Morgan fingerprint density at radius 1 is 1.04 bits per heavy atom. The molecule has 0 bridgehead atoms. The van der Waals surface area contributed by atoms with E-state index in [9.17, 15) is 0 Å². The van der Waals surface area contributed by atoms with Gasteiger partial charge in [-0.1, -0.05) is 18.2 Å². The van der Waals surface area contributed by atoms with E-state index < -0.39 is 0 Å². The molecule has 0 radical (unpaired) electrons. The summed E-state index contributed by atoms with van der Waals surface area (Å²) < 4.78 is 2.06. The number of anilines is 1. The van der Waals surface area contributed by atoms with E-state index in [2.05, 4.69) is 55.8 Å². The number of benzene rings is 1. The Bertz CT molecular complexity index is 647. The van der Waals surface area contributed by atoms with E-state index in [-0.39, 0.29) is 0 Å². The summed E-state index contributed by atoms with van der Waals surface area (Å²) in [7, 11) is 1.80. The van der Waals surface area contributed by atoms with E-state index in [1.54, 1.807) is 7.05 Å². The summed E-state index contributed by atoms with van der Waals surface area (Å²) in [6.07, 6.45) is 2.04. The number of hydrogen-bond donors (Lipinski definition) is 3. The summed E-state index contributed by atoms with van der Waals surface area (Å²) in [5, 5.41) is 14.6. The molecule has 136 valence electrons. The van der Waals surface area contributed by atoms with Crippen molar-refractivity contribution < 1.29 is 0 Å². The Morgan fingerprint density at radius 3 is 2.40 bits per heavy atom. The van der Waals surface area contributed by atoms with E-state index >= 15 is 0 Å². The molecule has 0 saturated carbocycles. The molecule has 6 nitrogen and oxygen atoms in total. The molecule has 1 heterocycles. The molecule has 0 atom stereocenters. The fourth-order valence-electron chi connectivity index (χ4n) is 2.64. The van der Waals surface area contributed by atoms with Gasteiger partial charge in [0.2, 0.25) is 0 Å². The monoisotopic (exact) mass is 342 g/mol. The molecule has 3 N–H and O–H groups in total. The molecule has 0 amide bonds. The van der Waals surface area contributed by atoms with Crippen LogP contribution in [0.1, 0.15) is 24.2 Å². The van der Waals surface area contributed by atoms with Crippen molar-refractivity contribution in [3.63, 3.8) is 0 Å². The topological polar surface area (TPSA) is 66.3 Å². The third kappa shape index (κ3) is 6.87. The Morgan fingerprint density at radius 2 is 1.76 bits per heavy atom. The summed E-state index contributed by atoms with van der Waals surface area (Å²) in [5.41, 5.74) is 3.45. The van der Waals surface area contributed by atoms with Gasteiger partial charge < -0.3 is 16.0 Å². The number of aryl methyl sites for hydroxylation is 3. The SMILES string of the molecule is CN=C(NCCCNc1ccccc1)NCCCn1nc(C)cc1C. The van der Waals surface area contributed by atoms with Gasteiger partial charge in [0.1, 0.15) is 0 Å². The van der Waals surface area contributed by atoms with Crippen LogP contribution < -0.4 is 16.0 Å². The first-order chi connectivity index (χ1) is 12.2. The highest BCUT2D eigenvalue weighted by Gasteiger charge is 2.01. The summed E-state index contributed by atoms with van der Waals surface area (Å²) in [5.74, 6) is 0.855. The van der Waals surface area contributed by atoms with Gasteiger partial charge in [0.25, 0.3) is 0 Å². The third-order valence-corrected chi connectivity index (χ3v) is 3.92. The van der Waals surface area contributed by atoms with E-state index in [0.29, 0.717) is 0 Å². The Balaban J connectivity index is 1.55. The van der Waals surface area contributed by atoms with Crippen LogP contribution in [-0.4, -0.2) is 42.4 Å². The second kappa shape index (κ2) is 10.4. The maximum absolute atomic E-state index is 4.48. The minimum Gasteiger partial charge on any atom is -0.385 e. The van der Waals surface area contributed by atoms with Gasteiger partial charge in [-0.25, -0.2) is 0 Å². The van der Waals surface area contributed by atoms with Gasteiger partial charge in [-0.3, -0.25) is 9.67 Å². The van der Waals surface area contributed by atoms with E-state index in [0.717, 1.165) is 56.4 Å². The predicted octanol–water partition coefficient (Wildman–Crippen LogP) is 2.56. The summed E-state index contributed by atoms with van der Waals surface area (Å²) in [6.45, 7) is 7.74. The van der Waals surface area contributed by atoms with Crippen LogP contribution >= 0.6 is 0 Å². The third-order valence-electron chi connectivity index (χ3n) is 3.92. The normalized spacial score (nSPS) is 11.4. The van der Waals surface area contributed by atoms with Gasteiger partial charge in [0, 0.05) is 44.6 Å². The predicted molar refractivity (Wildman–Crippen MR) is 105 cm³/mol. The van der Waals surface area contributed by atoms with Gasteiger partial charge in [0.15, 0.2) is 5.96 Å². The van der Waals surface area contributed by atoms with Crippen LogP contribution in [0.5, 0.6) is 0 Å². The molecule has 0 unspecified atom stereocenters. The molecular weight excluding hydrogens is 312 g/mol. The van der Waals surface area contributed by atoms with E-state index in [1.165, 1.54) is 5.69 Å². The fourth-order valence-corrected chi connectivity index (χ4v) is 2.64. The Hall–Kier alpha value is -2.50. The number of rotatable bonds is 9. The zero-order valence-corrected chi connectivity index (χ0v) is 15.5. The number of hydrogen-bond acceptors (Lipinski definition) is 3. The van der Waals surface area contributed by atoms with Gasteiger partial charge in [-0.2, -0.15) is 5.10 Å². The molecule has 0 aliphatic heterocycles. The first-order valence-electron chi connectivity index (χ1n) is 8.93. The standard InChI is InChI=1S/C19H30N6/c1-16-15-17(2)25(24-16)14-8-13-23-19(20-3)22-12-7-11-21-18-9-5-4-6-10-18/h4-6,9-10,15,21H,7-8,11-14H2,1-3H3,(H2,20,22,23). The van der Waals surface area contributed by atoms with Crippen LogP contribution in [-0.2, 0) is 6.54 Å². The quantitative estimate of drug-likeness (QED) is 0.372. The van der Waals surface area contributed by atoms with Gasteiger partial charge in [-0.05, 0) is 44.9 Å². The molecule has 1 aromatic heterocycles. The smallest absolute Gasteiger partial charge is 0.190 e. The van der Waals surface area contributed by atoms with Crippen LogP contribution in [0, 0.1) is 13.8 Å². The van der Waals surface area contributed by atoms with Crippen molar-refractivity contribution in [1.82, 2.24) is 20.4 Å². The number of nitrogens with zero attached hydrogens (tertiary/aromatic N) is 3. The zero-order valence-electron chi connectivity index (χ0n) is 15.5. The van der Waals surface area contributed by atoms with Gasteiger partial charge in [-0.15, -0.1) is 0 Å². The van der Waals surface area contributed by atoms with Crippen molar-refractivity contribution in [3.8, 4) is 0 Å². The van der Waals surface area contributed by atoms with Crippen LogP contribution in [0.3, 0.4) is 0 Å². The molecule has 6 heteroatoms. The molecule has 1 aromatic carbocycles. The highest BCUT2D eigenvalue weighted by molar-refractivity contribution is 5.79. The summed E-state index contributed by atoms with van der Waals surface area (Å²) in [6, 6.07) is 12.4. The zero-order chi connectivity index (χ0) is 17.9. The molecule has 25 heavy (non-hydrogen) atoms. The molecule has 0 aliphatic rings. The fraction of sp³-hybridized carbons (Fsp3) is 0.474. The highest BCUT2D eigenvalue weighted by Crippen LogP contribution is 2.04. The van der Waals surface area contributed by atoms with Crippen molar-refractivity contribution in [2.24, 2.45) is 4.99 Å². The Kier molecular flexibility index (Phi) is 7.82. The molecule has 2 aromatic rings. The van der Waals surface area contributed by atoms with Crippen LogP contribution in [0.15, 0.2) is 41.4 Å². The van der Waals surface area contributed by atoms with E-state index in [4.69, 9.17) is 0 Å². The number of nitrogens with one attached hydrogen (secondary N) is 3. The van der Waals surface area contributed by atoms with Crippen molar-refractivity contribution in [1.29, 1.82) is 0 Å². The van der Waals surface area contributed by atoms with Crippen molar-refractivity contribution >= 4 is 11.6 Å². The van der Waals surface area contributed by atoms with Crippen molar-refractivity contribution in [3.05, 3.63) is 47.8 Å². The maximum atomic E-state index is 4.48. The van der Waals surface area contributed by atoms with Crippen LogP contribution in [0.2, 0.25) is 0 Å². The molecule has 0 saturated heterocycles. The molecule has 0 fully saturated rings. The maximum Gasteiger partial charge on any atom is 0.190 e. The molecular formula is C19H30N6. The second-order valence-corrected chi connectivity index (χ2v) is 6.08. The van der Waals surface area contributed by atoms with Gasteiger partial charge >= 0.3 is 0 Å². The molecule has 0 aliphatic carbocycles. The molecule has 0 spiro atoms. The lowest BCUT2D eigenvalue weighted by molar-refractivity contribution is 0.555. The Labute approximate surface area is 150 Å².